The molecule has 1 aliphatic heterocycles. The molecule has 0 aromatic heterocycles. The number of fused-ring (bicyclic) bond motifs is 1. The van der Waals surface area contributed by atoms with Gasteiger partial charge in [-0.25, -0.2) is 4.72 Å². The van der Waals surface area contributed by atoms with Crippen molar-refractivity contribution in [1.82, 2.24) is 4.72 Å². The molecule has 1 fully saturated rings. The summed E-state index contributed by atoms with van der Waals surface area (Å²) in [6.07, 6.45) is 2.38. The molecule has 0 saturated heterocycles. The maximum absolute atomic E-state index is 10.7. The Morgan fingerprint density at radius 2 is 2.31 bits per heavy atom. The van der Waals surface area contributed by atoms with E-state index in [1.807, 2.05) is 6.07 Å². The topological polar surface area (TPSA) is 58.4 Å². The Morgan fingerprint density at radius 1 is 1.50 bits per heavy atom. The average molecular weight is 237 g/mol. The number of nitro groups is 1. The van der Waals surface area contributed by atoms with E-state index in [4.69, 9.17) is 0 Å². The van der Waals surface area contributed by atoms with Crippen molar-refractivity contribution in [3.63, 3.8) is 0 Å². The van der Waals surface area contributed by atoms with Crippen molar-refractivity contribution >= 4 is 23.3 Å². The number of nitrogens with one attached hydrogen (secondary N) is 1. The molecule has 6 heteroatoms. The fraction of sp³-hybridized carbons (Fsp3) is 0.400. The predicted octanol–water partition coefficient (Wildman–Crippen LogP) is 2.13. The summed E-state index contributed by atoms with van der Waals surface area (Å²) >= 11 is 1.54. The van der Waals surface area contributed by atoms with Crippen LogP contribution in [0.25, 0.3) is 0 Å². The molecule has 0 spiro atoms. The number of hydrogen-bond acceptors (Lipinski definition) is 5. The Labute approximate surface area is 97.1 Å². The van der Waals surface area contributed by atoms with Crippen LogP contribution >= 0.6 is 11.9 Å². The molecule has 2 aliphatic rings. The Bertz CT molecular complexity index is 448. The van der Waals surface area contributed by atoms with Crippen molar-refractivity contribution < 1.29 is 4.92 Å². The largest absolute Gasteiger partial charge is 0.354 e. The number of anilines is 1. The van der Waals surface area contributed by atoms with E-state index < -0.39 is 0 Å². The number of hydrogen-bond donors (Lipinski definition) is 1. The van der Waals surface area contributed by atoms with Crippen LogP contribution in [-0.2, 0) is 0 Å². The Hall–Kier alpha value is -1.27. The standard InChI is InChI=1S/C10H11N3O2S/c14-13(15)8-3-4-10-9(5-8)12(6-11-16-10)7-1-2-7/h3-5,7,11H,1-2,6H2. The molecule has 0 atom stereocenters. The van der Waals surface area contributed by atoms with E-state index >= 15 is 0 Å². The summed E-state index contributed by atoms with van der Waals surface area (Å²) in [6, 6.07) is 5.62. The summed E-state index contributed by atoms with van der Waals surface area (Å²) in [4.78, 5) is 13.7. The highest BCUT2D eigenvalue weighted by molar-refractivity contribution is 7.97. The Morgan fingerprint density at radius 3 is 3.00 bits per heavy atom. The zero-order valence-electron chi connectivity index (χ0n) is 8.55. The molecule has 1 aliphatic carbocycles. The van der Waals surface area contributed by atoms with Gasteiger partial charge in [-0.3, -0.25) is 10.1 Å². The molecule has 0 radical (unpaired) electrons. The zero-order chi connectivity index (χ0) is 11.1. The van der Waals surface area contributed by atoms with Crippen LogP contribution in [0.4, 0.5) is 11.4 Å². The van der Waals surface area contributed by atoms with Crippen LogP contribution in [0.2, 0.25) is 0 Å². The third kappa shape index (κ3) is 1.64. The summed E-state index contributed by atoms with van der Waals surface area (Å²) in [6.45, 7) is 0.767. The minimum absolute atomic E-state index is 0.173. The summed E-state index contributed by atoms with van der Waals surface area (Å²) in [5.41, 5.74) is 1.17. The first kappa shape index (κ1) is 9.92. The van der Waals surface area contributed by atoms with Gasteiger partial charge in [0.05, 0.1) is 17.3 Å². The predicted molar refractivity (Wildman–Crippen MR) is 62.5 cm³/mol. The van der Waals surface area contributed by atoms with E-state index in [1.165, 1.54) is 12.8 Å². The lowest BCUT2D eigenvalue weighted by molar-refractivity contribution is -0.384. The van der Waals surface area contributed by atoms with Gasteiger partial charge in [-0.2, -0.15) is 0 Å². The first-order chi connectivity index (χ1) is 7.75. The molecule has 0 bridgehead atoms. The van der Waals surface area contributed by atoms with Crippen LogP contribution < -0.4 is 9.62 Å². The molecular weight excluding hydrogens is 226 g/mol. The fourth-order valence-electron chi connectivity index (χ4n) is 1.91. The third-order valence-electron chi connectivity index (χ3n) is 2.87. The molecule has 5 nitrogen and oxygen atoms in total. The number of non-ortho nitro benzene ring substituents is 1. The summed E-state index contributed by atoms with van der Waals surface area (Å²) in [7, 11) is 0. The van der Waals surface area contributed by atoms with Gasteiger partial charge in [-0.15, -0.1) is 0 Å². The Kier molecular flexibility index (Phi) is 2.26. The first-order valence-electron chi connectivity index (χ1n) is 5.20. The van der Waals surface area contributed by atoms with Crippen LogP contribution in [-0.4, -0.2) is 17.6 Å². The van der Waals surface area contributed by atoms with Crippen molar-refractivity contribution in [3.05, 3.63) is 28.3 Å². The second-order valence-corrected chi connectivity index (χ2v) is 4.95. The van der Waals surface area contributed by atoms with Gasteiger partial charge < -0.3 is 4.90 Å². The smallest absolute Gasteiger partial charge is 0.271 e. The second-order valence-electron chi connectivity index (χ2n) is 4.01. The molecule has 0 amide bonds. The van der Waals surface area contributed by atoms with Gasteiger partial charge in [0.2, 0.25) is 0 Å². The van der Waals surface area contributed by atoms with Gasteiger partial charge in [0.25, 0.3) is 5.69 Å². The highest BCUT2D eigenvalue weighted by Gasteiger charge is 2.33. The lowest BCUT2D eigenvalue weighted by Gasteiger charge is -2.30. The molecule has 1 heterocycles. The van der Waals surface area contributed by atoms with E-state index in [0.29, 0.717) is 6.04 Å². The van der Waals surface area contributed by atoms with Gasteiger partial charge in [0.1, 0.15) is 0 Å². The second kappa shape index (κ2) is 3.64. The molecule has 1 N–H and O–H groups in total. The summed E-state index contributed by atoms with van der Waals surface area (Å²) in [5.74, 6) is 0. The number of nitro benzene ring substituents is 1. The number of nitrogens with zero attached hydrogens (tertiary/aromatic N) is 2. The van der Waals surface area contributed by atoms with Crippen LogP contribution in [0.15, 0.2) is 23.1 Å². The minimum Gasteiger partial charge on any atom is -0.354 e. The van der Waals surface area contributed by atoms with Crippen LogP contribution in [0.5, 0.6) is 0 Å². The van der Waals surface area contributed by atoms with Crippen molar-refractivity contribution in [2.45, 2.75) is 23.8 Å². The maximum atomic E-state index is 10.7. The quantitative estimate of drug-likeness (QED) is 0.485. The van der Waals surface area contributed by atoms with Crippen molar-refractivity contribution in [1.29, 1.82) is 0 Å². The third-order valence-corrected chi connectivity index (χ3v) is 3.71. The molecule has 1 aromatic rings. The van der Waals surface area contributed by atoms with E-state index in [2.05, 4.69) is 9.62 Å². The number of rotatable bonds is 2. The van der Waals surface area contributed by atoms with Crippen LogP contribution in [0.1, 0.15) is 12.8 Å². The molecule has 3 rings (SSSR count). The van der Waals surface area contributed by atoms with Crippen LogP contribution in [0.3, 0.4) is 0 Å². The van der Waals surface area contributed by atoms with Gasteiger partial charge >= 0.3 is 0 Å². The van der Waals surface area contributed by atoms with Gasteiger partial charge in [0, 0.05) is 23.1 Å². The van der Waals surface area contributed by atoms with Gasteiger partial charge in [0.15, 0.2) is 0 Å². The van der Waals surface area contributed by atoms with E-state index in [0.717, 1.165) is 17.3 Å². The van der Waals surface area contributed by atoms with Crippen molar-refractivity contribution in [2.75, 3.05) is 11.6 Å². The van der Waals surface area contributed by atoms with E-state index in [-0.39, 0.29) is 10.6 Å². The molecule has 1 saturated carbocycles. The SMILES string of the molecule is O=[N+]([O-])c1ccc2c(c1)N(C1CC1)CNS2. The van der Waals surface area contributed by atoms with E-state index in [1.54, 1.807) is 24.1 Å². The average Bonchev–Trinajstić information content (AvgIpc) is 3.11. The first-order valence-corrected chi connectivity index (χ1v) is 6.02. The Balaban J connectivity index is 2.02. The molecule has 0 unspecified atom stereocenters. The van der Waals surface area contributed by atoms with Gasteiger partial charge in [-0.1, -0.05) is 0 Å². The maximum Gasteiger partial charge on any atom is 0.271 e. The monoisotopic (exact) mass is 237 g/mol. The van der Waals surface area contributed by atoms with Crippen molar-refractivity contribution in [2.24, 2.45) is 0 Å². The molecular formula is C10H11N3O2S. The zero-order valence-corrected chi connectivity index (χ0v) is 9.37. The van der Waals surface area contributed by atoms with Crippen LogP contribution in [0, 0.1) is 10.1 Å². The molecule has 16 heavy (non-hydrogen) atoms. The summed E-state index contributed by atoms with van der Waals surface area (Å²) < 4.78 is 3.23. The minimum atomic E-state index is -0.335. The van der Waals surface area contributed by atoms with Crippen molar-refractivity contribution in [3.8, 4) is 0 Å². The number of benzene rings is 1. The van der Waals surface area contributed by atoms with E-state index in [9.17, 15) is 10.1 Å². The molecule has 84 valence electrons. The highest BCUT2D eigenvalue weighted by atomic mass is 32.2. The lowest BCUT2D eigenvalue weighted by Crippen LogP contribution is -2.36. The highest BCUT2D eigenvalue weighted by Crippen LogP contribution is 2.40. The summed E-state index contributed by atoms with van der Waals surface area (Å²) in [5, 5.41) is 10.7. The lowest BCUT2D eigenvalue weighted by atomic mass is 10.2. The van der Waals surface area contributed by atoms with Gasteiger partial charge in [-0.05, 0) is 30.9 Å². The fourth-order valence-corrected chi connectivity index (χ4v) is 2.68. The normalized spacial score (nSPS) is 19.4. The molecule has 1 aromatic carbocycles.